The van der Waals surface area contributed by atoms with E-state index in [1.54, 1.807) is 18.2 Å². The minimum Gasteiger partial charge on any atom is -0.301 e. The first-order valence-corrected chi connectivity index (χ1v) is 12.5. The third-order valence-electron chi connectivity index (χ3n) is 7.00. The maximum Gasteiger partial charge on any atom is 0.416 e. The van der Waals surface area contributed by atoms with Crippen LogP contribution in [0.4, 0.5) is 13.2 Å². The number of halogens is 3. The van der Waals surface area contributed by atoms with E-state index >= 15 is 0 Å². The van der Waals surface area contributed by atoms with Crippen molar-refractivity contribution in [1.29, 1.82) is 0 Å². The lowest BCUT2D eigenvalue weighted by Crippen LogP contribution is -2.54. The molecule has 0 radical (unpaired) electrons. The summed E-state index contributed by atoms with van der Waals surface area (Å²) in [5.41, 5.74) is -0.828. The third kappa shape index (κ3) is 3.91. The second kappa shape index (κ2) is 8.18. The number of carbonyl (C=O) groups excluding carboxylic acids is 1. The summed E-state index contributed by atoms with van der Waals surface area (Å²) in [7, 11) is -3.68. The summed E-state index contributed by atoms with van der Waals surface area (Å²) in [5.74, 6) is -0.198. The maximum absolute atomic E-state index is 13.2. The lowest BCUT2D eigenvalue weighted by Gasteiger charge is -2.37. The zero-order valence-corrected chi connectivity index (χ0v) is 19.0. The molecule has 2 unspecified atom stereocenters. The summed E-state index contributed by atoms with van der Waals surface area (Å²) in [6.45, 7) is 1.24. The zero-order chi connectivity index (χ0) is 24.1. The van der Waals surface area contributed by atoms with Crippen molar-refractivity contribution in [2.45, 2.75) is 28.9 Å². The monoisotopic (exact) mass is 488 g/mol. The number of aldehydes is 1. The van der Waals surface area contributed by atoms with Gasteiger partial charge in [0.05, 0.1) is 16.0 Å². The smallest absolute Gasteiger partial charge is 0.301 e. The molecule has 0 N–H and O–H groups in total. The first kappa shape index (κ1) is 23.0. The number of piperazine rings is 1. The van der Waals surface area contributed by atoms with E-state index in [0.29, 0.717) is 25.1 Å². The van der Waals surface area contributed by atoms with Gasteiger partial charge < -0.3 is 4.79 Å². The number of hydrogen-bond donors (Lipinski definition) is 0. The molecular weight excluding hydrogens is 465 g/mol. The molecule has 1 saturated carbocycles. The van der Waals surface area contributed by atoms with Crippen molar-refractivity contribution in [2.75, 3.05) is 26.2 Å². The van der Waals surface area contributed by atoms with Crippen LogP contribution in [0, 0.1) is 0 Å². The first-order valence-electron chi connectivity index (χ1n) is 11.0. The van der Waals surface area contributed by atoms with Gasteiger partial charge in [0.15, 0.2) is 0 Å². The number of alkyl halides is 3. The molecular formula is C25H23F3N2O3S. The van der Waals surface area contributed by atoms with Crippen LogP contribution in [0.25, 0.3) is 10.8 Å². The quantitative estimate of drug-likeness (QED) is 0.503. The molecule has 178 valence electrons. The van der Waals surface area contributed by atoms with Crippen LogP contribution in [-0.4, -0.2) is 55.6 Å². The van der Waals surface area contributed by atoms with Crippen molar-refractivity contribution in [2.24, 2.45) is 0 Å². The van der Waals surface area contributed by atoms with Crippen molar-refractivity contribution in [3.8, 4) is 0 Å². The lowest BCUT2D eigenvalue weighted by atomic mass is 10.0. The highest BCUT2D eigenvalue weighted by atomic mass is 32.2. The molecule has 1 aliphatic heterocycles. The lowest BCUT2D eigenvalue weighted by molar-refractivity contribution is -0.137. The number of carbonyl (C=O) groups is 1. The Hall–Kier alpha value is -2.75. The topological polar surface area (TPSA) is 57.7 Å². The first-order chi connectivity index (χ1) is 16.1. The van der Waals surface area contributed by atoms with Crippen LogP contribution in [0.15, 0.2) is 71.6 Å². The van der Waals surface area contributed by atoms with Crippen molar-refractivity contribution >= 4 is 27.1 Å². The Bertz CT molecular complexity index is 1330. The summed E-state index contributed by atoms with van der Waals surface area (Å²) in [6, 6.07) is 17.6. The van der Waals surface area contributed by atoms with Gasteiger partial charge in [0, 0.05) is 32.1 Å². The van der Waals surface area contributed by atoms with E-state index in [4.69, 9.17) is 0 Å². The second-order valence-corrected chi connectivity index (χ2v) is 10.8. The van der Waals surface area contributed by atoms with Crippen LogP contribution >= 0.6 is 0 Å². The van der Waals surface area contributed by atoms with Crippen LogP contribution in [0.3, 0.4) is 0 Å². The maximum atomic E-state index is 13.2. The predicted molar refractivity (Wildman–Crippen MR) is 122 cm³/mol. The molecule has 3 aromatic rings. The van der Waals surface area contributed by atoms with Crippen molar-refractivity contribution in [3.05, 3.63) is 77.9 Å². The summed E-state index contributed by atoms with van der Waals surface area (Å²) in [4.78, 5) is 14.3. The van der Waals surface area contributed by atoms with Gasteiger partial charge in [-0.25, -0.2) is 8.42 Å². The average Bonchev–Trinajstić information content (AvgIpc) is 3.59. The molecule has 2 atom stereocenters. The van der Waals surface area contributed by atoms with Crippen LogP contribution < -0.4 is 0 Å². The third-order valence-corrected chi connectivity index (χ3v) is 8.90. The van der Waals surface area contributed by atoms with Gasteiger partial charge in [-0.2, -0.15) is 17.5 Å². The van der Waals surface area contributed by atoms with Crippen molar-refractivity contribution < 1.29 is 26.4 Å². The Morgan fingerprint density at radius 1 is 0.882 bits per heavy atom. The molecule has 2 aliphatic rings. The van der Waals surface area contributed by atoms with Gasteiger partial charge in [0.1, 0.15) is 6.29 Å². The normalized spacial score (nSPS) is 24.3. The number of benzene rings is 3. The highest BCUT2D eigenvalue weighted by Crippen LogP contribution is 2.54. The molecule has 9 heteroatoms. The van der Waals surface area contributed by atoms with Crippen LogP contribution in [0.2, 0.25) is 0 Å². The van der Waals surface area contributed by atoms with E-state index in [2.05, 4.69) is 0 Å². The van der Waals surface area contributed by atoms with Crippen molar-refractivity contribution in [1.82, 2.24) is 9.21 Å². The molecule has 0 bridgehead atoms. The molecule has 1 aliphatic carbocycles. The van der Waals surface area contributed by atoms with Crippen molar-refractivity contribution in [3.63, 3.8) is 0 Å². The van der Waals surface area contributed by atoms with E-state index in [0.717, 1.165) is 29.2 Å². The Labute approximate surface area is 195 Å². The molecule has 5 nitrogen and oxygen atoms in total. The molecule has 1 heterocycles. The van der Waals surface area contributed by atoms with Crippen LogP contribution in [0.1, 0.15) is 23.5 Å². The molecule has 3 aromatic carbocycles. The number of hydrogen-bond acceptors (Lipinski definition) is 4. The molecule has 0 spiro atoms. The summed E-state index contributed by atoms with van der Waals surface area (Å²) in [5, 5.41) is 1.81. The summed E-state index contributed by atoms with van der Waals surface area (Å²) in [6.07, 6.45) is -3.03. The van der Waals surface area contributed by atoms with E-state index < -0.39 is 27.3 Å². The predicted octanol–water partition coefficient (Wildman–Crippen LogP) is 4.29. The van der Waals surface area contributed by atoms with E-state index in [9.17, 15) is 26.4 Å². The van der Waals surface area contributed by atoms with E-state index in [-0.39, 0.29) is 23.9 Å². The fourth-order valence-electron chi connectivity index (χ4n) is 4.95. The fourth-order valence-corrected chi connectivity index (χ4v) is 6.41. The minimum atomic E-state index is -4.41. The van der Waals surface area contributed by atoms with Gasteiger partial charge in [0.25, 0.3) is 0 Å². The number of fused-ring (bicyclic) bond motifs is 1. The highest BCUT2D eigenvalue weighted by Gasteiger charge is 2.59. The fraction of sp³-hybridized carbons (Fsp3) is 0.320. The number of nitrogens with zero attached hydrogens (tertiary/aromatic N) is 2. The minimum absolute atomic E-state index is 0.198. The standard InChI is InChI=1S/C25H23F3N2O3S/c26-25(27,28)21-8-5-19(6-9-21)23-16-24(23,17-31)29-11-13-30(14-12-29)34(32,33)22-10-7-18-3-1-2-4-20(18)15-22/h1-10,15,17,23H,11-14,16H2. The SMILES string of the molecule is O=CC1(N2CCN(S(=O)(=O)c3ccc4ccccc4c3)CC2)CC1c1ccc(C(F)(F)F)cc1. The molecule has 34 heavy (non-hydrogen) atoms. The summed E-state index contributed by atoms with van der Waals surface area (Å²) < 4.78 is 66.4. The Balaban J connectivity index is 1.29. The largest absolute Gasteiger partial charge is 0.416 e. The van der Waals surface area contributed by atoms with Gasteiger partial charge >= 0.3 is 6.18 Å². The highest BCUT2D eigenvalue weighted by molar-refractivity contribution is 7.89. The molecule has 1 saturated heterocycles. The number of rotatable bonds is 5. The van der Waals surface area contributed by atoms with Gasteiger partial charge in [0.2, 0.25) is 10.0 Å². The van der Waals surface area contributed by atoms with Crippen LogP contribution in [-0.2, 0) is 21.0 Å². The summed E-state index contributed by atoms with van der Waals surface area (Å²) >= 11 is 0. The van der Waals surface area contributed by atoms with Gasteiger partial charge in [-0.15, -0.1) is 0 Å². The second-order valence-electron chi connectivity index (χ2n) is 8.89. The molecule has 0 amide bonds. The Morgan fingerprint density at radius 2 is 1.53 bits per heavy atom. The Morgan fingerprint density at radius 3 is 2.15 bits per heavy atom. The van der Waals surface area contributed by atoms with E-state index in [1.165, 1.54) is 16.4 Å². The zero-order valence-electron chi connectivity index (χ0n) is 18.2. The van der Waals surface area contributed by atoms with Gasteiger partial charge in [-0.05, 0) is 47.0 Å². The van der Waals surface area contributed by atoms with E-state index in [1.807, 2.05) is 29.2 Å². The average molecular weight is 489 g/mol. The number of sulfonamides is 1. The molecule has 2 fully saturated rings. The van der Waals surface area contributed by atoms with Gasteiger partial charge in [-0.3, -0.25) is 4.90 Å². The van der Waals surface area contributed by atoms with Crippen LogP contribution in [0.5, 0.6) is 0 Å². The Kier molecular flexibility index (Phi) is 5.54. The van der Waals surface area contributed by atoms with Gasteiger partial charge in [-0.1, -0.05) is 42.5 Å². The molecule has 5 rings (SSSR count). The molecule has 0 aromatic heterocycles.